The molecule has 1 aliphatic rings. The third kappa shape index (κ3) is 3.72. The van der Waals surface area contributed by atoms with Gasteiger partial charge < -0.3 is 11.1 Å². The third-order valence-corrected chi connectivity index (χ3v) is 4.72. The zero-order valence-corrected chi connectivity index (χ0v) is 12.3. The molecule has 1 heterocycles. The van der Waals surface area contributed by atoms with Crippen LogP contribution in [0.3, 0.4) is 0 Å². The smallest absolute Gasteiger partial charge is 0.254 e. The van der Waals surface area contributed by atoms with Gasteiger partial charge in [-0.3, -0.25) is 9.59 Å². The molecule has 5 nitrogen and oxygen atoms in total. The predicted molar refractivity (Wildman–Crippen MR) is 78.5 cm³/mol. The molecular weight excluding hydrogens is 274 g/mol. The fourth-order valence-corrected chi connectivity index (χ4v) is 3.46. The van der Waals surface area contributed by atoms with Gasteiger partial charge in [-0.25, -0.2) is 4.98 Å². The first-order valence-electron chi connectivity index (χ1n) is 6.80. The van der Waals surface area contributed by atoms with Gasteiger partial charge in [0.05, 0.1) is 5.56 Å². The second kappa shape index (κ2) is 6.74. The third-order valence-electron chi connectivity index (χ3n) is 3.37. The molecule has 0 radical (unpaired) electrons. The number of hydrogen-bond donors (Lipinski definition) is 2. The van der Waals surface area contributed by atoms with Crippen molar-refractivity contribution in [3.63, 3.8) is 0 Å². The average molecular weight is 293 g/mol. The van der Waals surface area contributed by atoms with Gasteiger partial charge in [0.1, 0.15) is 11.1 Å². The van der Waals surface area contributed by atoms with E-state index in [-0.39, 0.29) is 5.91 Å². The minimum Gasteiger partial charge on any atom is -0.368 e. The fourth-order valence-electron chi connectivity index (χ4n) is 2.17. The molecule has 1 saturated carbocycles. The molecule has 6 heteroatoms. The molecule has 1 aromatic rings. The maximum absolute atomic E-state index is 12.2. The van der Waals surface area contributed by atoms with E-state index in [0.29, 0.717) is 10.8 Å². The van der Waals surface area contributed by atoms with Gasteiger partial charge in [0.25, 0.3) is 5.91 Å². The lowest BCUT2D eigenvalue weighted by Crippen LogP contribution is -2.42. The second-order valence-electron chi connectivity index (χ2n) is 4.98. The highest BCUT2D eigenvalue weighted by Gasteiger charge is 2.22. The van der Waals surface area contributed by atoms with Crippen LogP contribution in [0.5, 0.6) is 0 Å². The number of aromatic nitrogens is 1. The summed E-state index contributed by atoms with van der Waals surface area (Å²) < 4.78 is 0. The van der Waals surface area contributed by atoms with Gasteiger partial charge >= 0.3 is 0 Å². The SMILES string of the molecule is CC(NC(=O)c1cccnc1SC1CCCC1)C(N)=O. The number of carbonyl (C=O) groups is 2. The molecule has 1 unspecified atom stereocenters. The zero-order chi connectivity index (χ0) is 14.5. The van der Waals surface area contributed by atoms with E-state index in [1.54, 1.807) is 37.0 Å². The van der Waals surface area contributed by atoms with Gasteiger partial charge in [-0.15, -0.1) is 11.8 Å². The van der Waals surface area contributed by atoms with Crippen molar-refractivity contribution in [2.75, 3.05) is 0 Å². The quantitative estimate of drug-likeness (QED) is 0.865. The van der Waals surface area contributed by atoms with Crippen molar-refractivity contribution >= 4 is 23.6 Å². The van der Waals surface area contributed by atoms with Gasteiger partial charge in [0.2, 0.25) is 5.91 Å². The van der Waals surface area contributed by atoms with E-state index in [9.17, 15) is 9.59 Å². The summed E-state index contributed by atoms with van der Waals surface area (Å²) in [6.07, 6.45) is 6.50. The number of carbonyl (C=O) groups excluding carboxylic acids is 2. The average Bonchev–Trinajstić information content (AvgIpc) is 2.92. The summed E-state index contributed by atoms with van der Waals surface area (Å²) in [5.74, 6) is -0.850. The summed E-state index contributed by atoms with van der Waals surface area (Å²) in [5.41, 5.74) is 5.67. The molecule has 1 aromatic heterocycles. The molecule has 2 rings (SSSR count). The molecule has 1 aliphatic carbocycles. The van der Waals surface area contributed by atoms with Crippen molar-refractivity contribution in [2.24, 2.45) is 5.73 Å². The Morgan fingerprint density at radius 1 is 1.45 bits per heavy atom. The maximum atomic E-state index is 12.2. The highest BCUT2D eigenvalue weighted by molar-refractivity contribution is 7.99. The molecule has 0 bridgehead atoms. The van der Waals surface area contributed by atoms with E-state index in [1.165, 1.54) is 25.7 Å². The minimum absolute atomic E-state index is 0.301. The number of primary amides is 1. The van der Waals surface area contributed by atoms with Crippen LogP contribution in [0.25, 0.3) is 0 Å². The zero-order valence-electron chi connectivity index (χ0n) is 11.5. The molecule has 2 amide bonds. The van der Waals surface area contributed by atoms with E-state index in [4.69, 9.17) is 5.73 Å². The van der Waals surface area contributed by atoms with Gasteiger partial charge in [-0.05, 0) is 31.9 Å². The topological polar surface area (TPSA) is 85.1 Å². The van der Waals surface area contributed by atoms with Crippen molar-refractivity contribution < 1.29 is 9.59 Å². The summed E-state index contributed by atoms with van der Waals surface area (Å²) in [6.45, 7) is 1.57. The van der Waals surface area contributed by atoms with Crippen molar-refractivity contribution in [1.29, 1.82) is 0 Å². The van der Waals surface area contributed by atoms with Crippen LogP contribution in [0.2, 0.25) is 0 Å². The first-order valence-corrected chi connectivity index (χ1v) is 7.67. The summed E-state index contributed by atoms with van der Waals surface area (Å²) in [5, 5.41) is 3.86. The van der Waals surface area contributed by atoms with Gasteiger partial charge in [0, 0.05) is 11.4 Å². The number of thioether (sulfide) groups is 1. The van der Waals surface area contributed by atoms with Crippen LogP contribution in [0.15, 0.2) is 23.4 Å². The summed E-state index contributed by atoms with van der Waals surface area (Å²) in [4.78, 5) is 27.5. The molecule has 1 fully saturated rings. The molecule has 0 spiro atoms. The molecule has 1 atom stereocenters. The first-order chi connectivity index (χ1) is 9.58. The number of hydrogen-bond acceptors (Lipinski definition) is 4. The van der Waals surface area contributed by atoms with Crippen LogP contribution in [0.1, 0.15) is 43.0 Å². The Morgan fingerprint density at radius 3 is 2.80 bits per heavy atom. The van der Waals surface area contributed by atoms with Crippen molar-refractivity contribution in [3.8, 4) is 0 Å². The second-order valence-corrected chi connectivity index (χ2v) is 6.27. The van der Waals surface area contributed by atoms with Gasteiger partial charge in [-0.2, -0.15) is 0 Å². The number of pyridine rings is 1. The summed E-state index contributed by atoms with van der Waals surface area (Å²) in [6, 6.07) is 2.77. The Labute approximate surface area is 122 Å². The molecule has 0 aliphatic heterocycles. The number of nitrogens with zero attached hydrogens (tertiary/aromatic N) is 1. The largest absolute Gasteiger partial charge is 0.368 e. The van der Waals surface area contributed by atoms with Crippen molar-refractivity contribution in [1.82, 2.24) is 10.3 Å². The first kappa shape index (κ1) is 14.8. The lowest BCUT2D eigenvalue weighted by atomic mass is 10.2. The van der Waals surface area contributed by atoms with E-state index in [2.05, 4.69) is 10.3 Å². The summed E-state index contributed by atoms with van der Waals surface area (Å²) in [7, 11) is 0. The monoisotopic (exact) mass is 293 g/mol. The van der Waals surface area contributed by atoms with Crippen LogP contribution < -0.4 is 11.1 Å². The van der Waals surface area contributed by atoms with Crippen LogP contribution in [0, 0.1) is 0 Å². The lowest BCUT2D eigenvalue weighted by Gasteiger charge is -2.14. The molecule has 0 saturated heterocycles. The van der Waals surface area contributed by atoms with Crippen molar-refractivity contribution in [2.45, 2.75) is 48.9 Å². The number of nitrogens with two attached hydrogens (primary N) is 1. The number of amides is 2. The van der Waals surface area contributed by atoms with E-state index >= 15 is 0 Å². The Hall–Kier alpha value is -1.56. The van der Waals surface area contributed by atoms with Crippen LogP contribution >= 0.6 is 11.8 Å². The van der Waals surface area contributed by atoms with Crippen LogP contribution in [-0.4, -0.2) is 28.1 Å². The van der Waals surface area contributed by atoms with Crippen LogP contribution in [0.4, 0.5) is 0 Å². The highest BCUT2D eigenvalue weighted by atomic mass is 32.2. The Bertz CT molecular complexity index is 501. The molecule has 0 aromatic carbocycles. The Balaban J connectivity index is 2.10. The predicted octanol–water partition coefficient (Wildman–Crippen LogP) is 1.72. The highest BCUT2D eigenvalue weighted by Crippen LogP contribution is 2.35. The van der Waals surface area contributed by atoms with Crippen LogP contribution in [-0.2, 0) is 4.79 Å². The van der Waals surface area contributed by atoms with E-state index in [0.717, 1.165) is 5.03 Å². The van der Waals surface area contributed by atoms with E-state index < -0.39 is 11.9 Å². The fraction of sp³-hybridized carbons (Fsp3) is 0.500. The Morgan fingerprint density at radius 2 is 2.15 bits per heavy atom. The van der Waals surface area contributed by atoms with E-state index in [1.807, 2.05) is 0 Å². The van der Waals surface area contributed by atoms with Gasteiger partial charge in [0.15, 0.2) is 0 Å². The molecule has 108 valence electrons. The maximum Gasteiger partial charge on any atom is 0.254 e. The number of rotatable bonds is 5. The lowest BCUT2D eigenvalue weighted by molar-refractivity contribution is -0.119. The normalized spacial score (nSPS) is 16.9. The summed E-state index contributed by atoms with van der Waals surface area (Å²) >= 11 is 1.65. The molecular formula is C14H19N3O2S. The Kier molecular flexibility index (Phi) is 5.00. The number of nitrogens with one attached hydrogen (secondary N) is 1. The molecule has 20 heavy (non-hydrogen) atoms. The molecule has 3 N–H and O–H groups in total. The van der Waals surface area contributed by atoms with Crippen molar-refractivity contribution in [3.05, 3.63) is 23.9 Å². The minimum atomic E-state index is -0.688. The standard InChI is InChI=1S/C14H19N3O2S/c1-9(12(15)18)17-13(19)11-7-4-8-16-14(11)20-10-5-2-3-6-10/h4,7-10H,2-3,5-6H2,1H3,(H2,15,18)(H,17,19). The van der Waals surface area contributed by atoms with Gasteiger partial charge in [-0.1, -0.05) is 12.8 Å².